The van der Waals surface area contributed by atoms with Gasteiger partial charge in [-0.1, -0.05) is 157 Å². The van der Waals surface area contributed by atoms with Crippen LogP contribution in [0, 0.1) is 5.41 Å². The fourth-order valence-electron chi connectivity index (χ4n) is 6.55. The lowest BCUT2D eigenvalue weighted by Crippen LogP contribution is -2.25. The van der Waals surface area contributed by atoms with Gasteiger partial charge in [-0.2, -0.15) is 16.9 Å². The molecule has 0 aliphatic heterocycles. The maximum absolute atomic E-state index is 5.06. The number of unbranched alkanes of at least 4 members (excludes halogenated alkanes) is 14. The van der Waals surface area contributed by atoms with E-state index in [1.807, 2.05) is 0 Å². The first-order valence-corrected chi connectivity index (χ1v) is 19.1. The molecule has 0 aliphatic carbocycles. The third kappa shape index (κ3) is 16.3. The molecule has 0 saturated heterocycles. The Morgan fingerprint density at radius 1 is 0.625 bits per heavy atom. The molecule has 0 aliphatic rings. The van der Waals surface area contributed by atoms with Gasteiger partial charge in [-0.05, 0) is 48.7 Å². The van der Waals surface area contributed by atoms with E-state index in [9.17, 15) is 0 Å². The van der Waals surface area contributed by atoms with E-state index in [1.165, 1.54) is 164 Å². The monoisotopic (exact) mass is 577 g/mol. The molecule has 40 heavy (non-hydrogen) atoms. The molecule has 1 aromatic rings. The molecule has 0 amide bonds. The number of aryl methyl sites for hydroxylation is 2. The minimum atomic E-state index is 0.266. The van der Waals surface area contributed by atoms with Crippen molar-refractivity contribution in [1.82, 2.24) is 9.78 Å². The molecule has 0 aromatic carbocycles. The molecule has 1 aromatic heterocycles. The second kappa shape index (κ2) is 23.1. The van der Waals surface area contributed by atoms with Gasteiger partial charge in [0.2, 0.25) is 0 Å². The Bertz CT molecular complexity index is 713. The van der Waals surface area contributed by atoms with Crippen LogP contribution < -0.4 is 0 Å². The van der Waals surface area contributed by atoms with E-state index in [1.54, 1.807) is 0 Å². The Hall–Kier alpha value is -0.440. The molecule has 0 N–H and O–H groups in total. The van der Waals surface area contributed by atoms with Gasteiger partial charge in [-0.25, -0.2) is 0 Å². The van der Waals surface area contributed by atoms with Crippen LogP contribution in [0.25, 0.3) is 0 Å². The van der Waals surface area contributed by atoms with E-state index in [0.29, 0.717) is 5.41 Å². The highest BCUT2D eigenvalue weighted by Gasteiger charge is 2.30. The Labute approximate surface area is 257 Å². The molecular weight excluding hydrogens is 504 g/mol. The highest BCUT2D eigenvalue weighted by atomic mass is 32.2. The quantitative estimate of drug-likeness (QED) is 0.0923. The van der Waals surface area contributed by atoms with Crippen molar-refractivity contribution >= 4 is 11.8 Å². The molecule has 1 heterocycles. The summed E-state index contributed by atoms with van der Waals surface area (Å²) in [5.74, 6) is 2.53. The molecule has 0 saturated carbocycles. The first kappa shape index (κ1) is 37.6. The second-order valence-electron chi connectivity index (χ2n) is 13.8. The summed E-state index contributed by atoms with van der Waals surface area (Å²) in [7, 11) is 2.21. The fourth-order valence-corrected chi connectivity index (χ4v) is 7.83. The predicted molar refractivity (Wildman–Crippen MR) is 184 cm³/mol. The molecule has 3 heteroatoms. The van der Waals surface area contributed by atoms with Crippen molar-refractivity contribution in [1.29, 1.82) is 0 Å². The first-order valence-electron chi connectivity index (χ1n) is 17.9. The standard InChI is InChI=1S/C37H72N2S/c1-8-12-16-20-23-28-36(5,27-22-18-14-10-3)33-40-31-26-34-32-35(39(7)38-34)37(6,29-24-19-15-11-4)30-25-21-17-13-9-2/h32H,8-31,33H2,1-7H3. The number of hydrogen-bond donors (Lipinski definition) is 0. The number of hydrogen-bond acceptors (Lipinski definition) is 2. The van der Waals surface area contributed by atoms with E-state index < -0.39 is 0 Å². The molecule has 2 nitrogen and oxygen atoms in total. The third-order valence-electron chi connectivity index (χ3n) is 9.43. The number of aromatic nitrogens is 2. The van der Waals surface area contributed by atoms with Crippen LogP contribution in [0.5, 0.6) is 0 Å². The maximum Gasteiger partial charge on any atom is 0.0635 e. The fraction of sp³-hybridized carbons (Fsp3) is 0.919. The molecular formula is C37H72N2S. The normalized spacial score (nSPS) is 14.9. The summed E-state index contributed by atoms with van der Waals surface area (Å²) in [6, 6.07) is 2.49. The van der Waals surface area contributed by atoms with Crippen molar-refractivity contribution in [2.75, 3.05) is 11.5 Å². The van der Waals surface area contributed by atoms with Crippen LogP contribution in [0.1, 0.15) is 194 Å². The van der Waals surface area contributed by atoms with Crippen LogP contribution in [0.3, 0.4) is 0 Å². The van der Waals surface area contributed by atoms with Crippen molar-refractivity contribution in [2.24, 2.45) is 12.5 Å². The van der Waals surface area contributed by atoms with Crippen molar-refractivity contribution in [3.8, 4) is 0 Å². The number of nitrogens with zero attached hydrogens (tertiary/aromatic N) is 2. The smallest absolute Gasteiger partial charge is 0.0635 e. The summed E-state index contributed by atoms with van der Waals surface area (Å²) in [4.78, 5) is 0. The Morgan fingerprint density at radius 2 is 1.05 bits per heavy atom. The highest BCUT2D eigenvalue weighted by Crippen LogP contribution is 2.37. The minimum absolute atomic E-state index is 0.266. The van der Waals surface area contributed by atoms with E-state index in [0.717, 1.165) is 6.42 Å². The lowest BCUT2D eigenvalue weighted by Gasteiger charge is -2.30. The maximum atomic E-state index is 5.06. The molecule has 2 unspecified atom stereocenters. The third-order valence-corrected chi connectivity index (χ3v) is 10.8. The van der Waals surface area contributed by atoms with E-state index in [2.05, 4.69) is 71.1 Å². The SMILES string of the molecule is CCCCCCCC(C)(CCCCCC)CSCCc1cc(C(C)(CCCCCC)CCCCCCC)n(C)n1. The largest absolute Gasteiger partial charge is 0.272 e. The summed E-state index contributed by atoms with van der Waals surface area (Å²) in [5.41, 5.74) is 3.59. The van der Waals surface area contributed by atoms with Gasteiger partial charge in [0.1, 0.15) is 0 Å². The van der Waals surface area contributed by atoms with Crippen LogP contribution in [-0.2, 0) is 18.9 Å². The van der Waals surface area contributed by atoms with Gasteiger partial charge in [-0.15, -0.1) is 0 Å². The van der Waals surface area contributed by atoms with Crippen molar-refractivity contribution in [3.63, 3.8) is 0 Å². The molecule has 0 radical (unpaired) electrons. The van der Waals surface area contributed by atoms with E-state index in [4.69, 9.17) is 5.10 Å². The lowest BCUT2D eigenvalue weighted by molar-refractivity contribution is 0.290. The summed E-state index contributed by atoms with van der Waals surface area (Å²) in [6.45, 7) is 14.4. The van der Waals surface area contributed by atoms with Gasteiger partial charge in [0.25, 0.3) is 0 Å². The first-order chi connectivity index (χ1) is 19.3. The van der Waals surface area contributed by atoms with Crippen LogP contribution in [-0.4, -0.2) is 21.3 Å². The molecule has 2 atom stereocenters. The van der Waals surface area contributed by atoms with Crippen LogP contribution in [0.4, 0.5) is 0 Å². The second-order valence-corrected chi connectivity index (χ2v) is 14.9. The van der Waals surface area contributed by atoms with Gasteiger partial charge in [0.05, 0.1) is 5.69 Å². The number of rotatable bonds is 28. The van der Waals surface area contributed by atoms with Gasteiger partial charge < -0.3 is 0 Å². The summed E-state index contributed by atoms with van der Waals surface area (Å²) >= 11 is 2.20. The minimum Gasteiger partial charge on any atom is -0.272 e. The number of thioether (sulfide) groups is 1. The Morgan fingerprint density at radius 3 is 1.52 bits per heavy atom. The zero-order chi connectivity index (χ0) is 29.5. The summed E-state index contributed by atoms with van der Waals surface area (Å²) in [5, 5.41) is 5.06. The van der Waals surface area contributed by atoms with Gasteiger partial charge in [0.15, 0.2) is 0 Å². The van der Waals surface area contributed by atoms with Crippen LogP contribution >= 0.6 is 11.8 Å². The van der Waals surface area contributed by atoms with Crippen molar-refractivity contribution < 1.29 is 0 Å². The van der Waals surface area contributed by atoms with Gasteiger partial charge in [0, 0.05) is 24.6 Å². The highest BCUT2D eigenvalue weighted by molar-refractivity contribution is 7.99. The summed E-state index contributed by atoms with van der Waals surface area (Å²) < 4.78 is 2.25. The van der Waals surface area contributed by atoms with Crippen LogP contribution in [0.2, 0.25) is 0 Å². The van der Waals surface area contributed by atoms with Gasteiger partial charge >= 0.3 is 0 Å². The molecule has 0 fully saturated rings. The van der Waals surface area contributed by atoms with Crippen molar-refractivity contribution in [3.05, 3.63) is 17.5 Å². The predicted octanol–water partition coefficient (Wildman–Crippen LogP) is 12.6. The average molecular weight is 577 g/mol. The van der Waals surface area contributed by atoms with Gasteiger partial charge in [-0.3, -0.25) is 4.68 Å². The molecule has 236 valence electrons. The van der Waals surface area contributed by atoms with E-state index >= 15 is 0 Å². The molecule has 0 bridgehead atoms. The topological polar surface area (TPSA) is 17.8 Å². The molecule has 0 spiro atoms. The molecule has 1 rings (SSSR count). The van der Waals surface area contributed by atoms with E-state index in [-0.39, 0.29) is 5.41 Å². The average Bonchev–Trinajstić information content (AvgIpc) is 3.32. The Kier molecular flexibility index (Phi) is 21.7. The van der Waals surface area contributed by atoms with Crippen LogP contribution in [0.15, 0.2) is 6.07 Å². The zero-order valence-corrected chi connectivity index (χ0v) is 29.4. The van der Waals surface area contributed by atoms with Crippen molar-refractivity contribution in [2.45, 2.75) is 195 Å². The zero-order valence-electron chi connectivity index (χ0n) is 28.6. The lowest BCUT2D eigenvalue weighted by atomic mass is 9.76. The summed E-state index contributed by atoms with van der Waals surface area (Å²) in [6.07, 6.45) is 31.4. The Balaban J connectivity index is 2.71.